The van der Waals surface area contributed by atoms with E-state index in [0.29, 0.717) is 5.76 Å². The minimum atomic E-state index is -0.700. The summed E-state index contributed by atoms with van der Waals surface area (Å²) >= 11 is 0. The zero-order valence-corrected chi connectivity index (χ0v) is 12.0. The van der Waals surface area contributed by atoms with Gasteiger partial charge in [-0.05, 0) is 31.9 Å². The Morgan fingerprint density at radius 1 is 1.63 bits per heavy atom. The van der Waals surface area contributed by atoms with Crippen LogP contribution in [-0.2, 0) is 14.3 Å². The Hall–Kier alpha value is -1.76. The van der Waals surface area contributed by atoms with Crippen molar-refractivity contribution in [1.82, 2.24) is 0 Å². The van der Waals surface area contributed by atoms with Gasteiger partial charge >= 0.3 is 5.97 Å². The van der Waals surface area contributed by atoms with Crippen LogP contribution in [0.25, 0.3) is 0 Å². The summed E-state index contributed by atoms with van der Waals surface area (Å²) in [5.41, 5.74) is -1.07. The highest BCUT2D eigenvalue weighted by molar-refractivity contribution is 5.67. The van der Waals surface area contributed by atoms with E-state index in [2.05, 4.69) is 6.07 Å². The molecule has 0 saturated carbocycles. The maximum atomic E-state index is 11.1. The Balaban J connectivity index is 3.10. The summed E-state index contributed by atoms with van der Waals surface area (Å²) in [6.45, 7) is 5.27. The van der Waals surface area contributed by atoms with Crippen LogP contribution in [0.15, 0.2) is 24.2 Å². The van der Waals surface area contributed by atoms with Crippen LogP contribution >= 0.6 is 0 Å². The first-order valence-corrected chi connectivity index (χ1v) is 6.39. The van der Waals surface area contributed by atoms with Gasteiger partial charge in [-0.3, -0.25) is 4.79 Å². The SMILES string of the molecule is CO/C=C/[C@](C)(C#N)[C@]1(C)C=C(OC(C)=O)CCC1. The number of esters is 1. The van der Waals surface area contributed by atoms with Crippen LogP contribution in [0, 0.1) is 22.2 Å². The van der Waals surface area contributed by atoms with Crippen LogP contribution in [0.5, 0.6) is 0 Å². The van der Waals surface area contributed by atoms with Gasteiger partial charge in [-0.25, -0.2) is 0 Å². The normalized spacial score (nSPS) is 26.2. The molecule has 0 heterocycles. The van der Waals surface area contributed by atoms with Gasteiger partial charge in [0.1, 0.15) is 5.76 Å². The predicted molar refractivity (Wildman–Crippen MR) is 71.7 cm³/mol. The van der Waals surface area contributed by atoms with Crippen molar-refractivity contribution in [2.24, 2.45) is 10.8 Å². The van der Waals surface area contributed by atoms with E-state index in [0.717, 1.165) is 19.3 Å². The summed E-state index contributed by atoms with van der Waals surface area (Å²) in [4.78, 5) is 11.1. The fraction of sp³-hybridized carbons (Fsp3) is 0.600. The second-order valence-corrected chi connectivity index (χ2v) is 5.33. The van der Waals surface area contributed by atoms with E-state index in [1.54, 1.807) is 13.2 Å². The monoisotopic (exact) mass is 263 g/mol. The maximum Gasteiger partial charge on any atom is 0.307 e. The van der Waals surface area contributed by atoms with Gasteiger partial charge < -0.3 is 9.47 Å². The molecule has 0 unspecified atom stereocenters. The number of carbonyl (C=O) groups is 1. The molecular weight excluding hydrogens is 242 g/mol. The number of rotatable bonds is 4. The summed E-state index contributed by atoms with van der Waals surface area (Å²) in [7, 11) is 1.55. The van der Waals surface area contributed by atoms with Crippen LogP contribution < -0.4 is 0 Å². The zero-order valence-electron chi connectivity index (χ0n) is 12.0. The molecule has 1 aliphatic rings. The van der Waals surface area contributed by atoms with Crippen molar-refractivity contribution in [2.75, 3.05) is 7.11 Å². The first-order valence-electron chi connectivity index (χ1n) is 6.39. The molecule has 0 radical (unpaired) electrons. The summed E-state index contributed by atoms with van der Waals surface area (Å²) in [5.74, 6) is 0.343. The topological polar surface area (TPSA) is 59.3 Å². The molecule has 0 fully saturated rings. The van der Waals surface area contributed by atoms with E-state index in [1.165, 1.54) is 13.2 Å². The molecule has 2 atom stereocenters. The van der Waals surface area contributed by atoms with Gasteiger partial charge in [0.15, 0.2) is 0 Å². The van der Waals surface area contributed by atoms with Gasteiger partial charge in [0, 0.05) is 18.8 Å². The van der Waals surface area contributed by atoms with Crippen LogP contribution in [0.4, 0.5) is 0 Å². The highest BCUT2D eigenvalue weighted by Crippen LogP contribution is 2.48. The number of nitriles is 1. The van der Waals surface area contributed by atoms with E-state index < -0.39 is 5.41 Å². The number of hydrogen-bond donors (Lipinski definition) is 0. The summed E-state index contributed by atoms with van der Waals surface area (Å²) in [6, 6.07) is 2.35. The van der Waals surface area contributed by atoms with Gasteiger partial charge in [-0.15, -0.1) is 0 Å². The quantitative estimate of drug-likeness (QED) is 0.576. The third-order valence-electron chi connectivity index (χ3n) is 3.83. The fourth-order valence-corrected chi connectivity index (χ4v) is 2.36. The molecule has 4 nitrogen and oxygen atoms in total. The van der Waals surface area contributed by atoms with Crippen molar-refractivity contribution in [3.63, 3.8) is 0 Å². The molecule has 1 aliphatic carbocycles. The Morgan fingerprint density at radius 3 is 2.84 bits per heavy atom. The predicted octanol–water partition coefficient (Wildman–Crippen LogP) is 3.31. The lowest BCUT2D eigenvalue weighted by molar-refractivity contribution is -0.137. The molecular formula is C15H21NO3. The van der Waals surface area contributed by atoms with Gasteiger partial charge in [-0.2, -0.15) is 5.26 Å². The molecule has 0 saturated heterocycles. The number of hydrogen-bond acceptors (Lipinski definition) is 4. The molecule has 0 aromatic heterocycles. The first-order chi connectivity index (χ1) is 8.87. The summed E-state index contributed by atoms with van der Waals surface area (Å²) in [6.07, 6.45) is 7.72. The number of methoxy groups -OCH3 is 1. The molecule has 0 aromatic rings. The summed E-state index contributed by atoms with van der Waals surface area (Å²) in [5, 5.41) is 9.50. The Morgan fingerprint density at radius 2 is 2.32 bits per heavy atom. The highest BCUT2D eigenvalue weighted by Gasteiger charge is 2.43. The average Bonchev–Trinajstić information content (AvgIpc) is 2.35. The smallest absolute Gasteiger partial charge is 0.307 e. The number of allylic oxidation sites excluding steroid dienone is 3. The largest absolute Gasteiger partial charge is 0.505 e. The van der Waals surface area contributed by atoms with Crippen molar-refractivity contribution < 1.29 is 14.3 Å². The van der Waals surface area contributed by atoms with Gasteiger partial charge in [0.25, 0.3) is 0 Å². The second kappa shape index (κ2) is 5.92. The molecule has 0 bridgehead atoms. The maximum absolute atomic E-state index is 11.1. The molecule has 104 valence electrons. The van der Waals surface area contributed by atoms with Crippen LogP contribution in [0.2, 0.25) is 0 Å². The van der Waals surface area contributed by atoms with E-state index in [4.69, 9.17) is 9.47 Å². The lowest BCUT2D eigenvalue weighted by Gasteiger charge is -2.40. The molecule has 19 heavy (non-hydrogen) atoms. The zero-order chi connectivity index (χ0) is 14.5. The third kappa shape index (κ3) is 3.37. The Labute approximate surface area is 114 Å². The molecule has 0 amide bonds. The molecule has 1 rings (SSSR count). The molecule has 0 N–H and O–H groups in total. The minimum absolute atomic E-state index is 0.318. The van der Waals surface area contributed by atoms with Crippen LogP contribution in [-0.4, -0.2) is 13.1 Å². The molecule has 4 heteroatoms. The van der Waals surface area contributed by atoms with Crippen molar-refractivity contribution in [2.45, 2.75) is 40.0 Å². The second-order valence-electron chi connectivity index (χ2n) is 5.33. The van der Waals surface area contributed by atoms with Gasteiger partial charge in [-0.1, -0.05) is 6.92 Å². The van der Waals surface area contributed by atoms with Crippen molar-refractivity contribution in [3.8, 4) is 6.07 Å². The number of ether oxygens (including phenoxy) is 2. The van der Waals surface area contributed by atoms with E-state index >= 15 is 0 Å². The van der Waals surface area contributed by atoms with Gasteiger partial charge in [0.05, 0.1) is 24.9 Å². The van der Waals surface area contributed by atoms with Crippen molar-refractivity contribution in [1.29, 1.82) is 5.26 Å². The Bertz CT molecular complexity index is 447. The first kappa shape index (κ1) is 15.3. The van der Waals surface area contributed by atoms with Crippen LogP contribution in [0.1, 0.15) is 40.0 Å². The molecule has 0 aromatic carbocycles. The Kier molecular flexibility index (Phi) is 4.77. The summed E-state index contributed by atoms with van der Waals surface area (Å²) < 4.78 is 10.1. The fourth-order valence-electron chi connectivity index (χ4n) is 2.36. The average molecular weight is 263 g/mol. The minimum Gasteiger partial charge on any atom is -0.505 e. The highest BCUT2D eigenvalue weighted by atomic mass is 16.5. The van der Waals surface area contributed by atoms with Crippen molar-refractivity contribution >= 4 is 5.97 Å². The number of nitrogens with zero attached hydrogens (tertiary/aromatic N) is 1. The molecule has 0 spiro atoms. The standard InChI is InChI=1S/C15H21NO3/c1-12(17)19-13-6-5-7-14(2,10-13)15(3,11-16)8-9-18-4/h8-10H,5-7H2,1-4H3/b9-8+/t14-,15+/m0/s1. The van der Waals surface area contributed by atoms with Crippen molar-refractivity contribution in [3.05, 3.63) is 24.2 Å². The van der Waals surface area contributed by atoms with E-state index in [1.807, 2.05) is 19.9 Å². The lowest BCUT2D eigenvalue weighted by Crippen LogP contribution is -2.35. The van der Waals surface area contributed by atoms with Gasteiger partial charge in [0.2, 0.25) is 0 Å². The lowest BCUT2D eigenvalue weighted by atomic mass is 9.62. The van der Waals surface area contributed by atoms with E-state index in [9.17, 15) is 10.1 Å². The van der Waals surface area contributed by atoms with E-state index in [-0.39, 0.29) is 11.4 Å². The number of carbonyl (C=O) groups excluding carboxylic acids is 1. The third-order valence-corrected chi connectivity index (χ3v) is 3.83. The van der Waals surface area contributed by atoms with Crippen LogP contribution in [0.3, 0.4) is 0 Å². The molecule has 0 aliphatic heterocycles.